The third kappa shape index (κ3) is 5.16. The Balaban J connectivity index is 1.52. The van der Waals surface area contributed by atoms with Gasteiger partial charge in [0.15, 0.2) is 9.84 Å². The number of hydrogen-bond acceptors (Lipinski definition) is 9. The summed E-state index contributed by atoms with van der Waals surface area (Å²) in [6.07, 6.45) is 6.06. The smallest absolute Gasteiger partial charge is 0.351 e. The number of aryl methyl sites for hydroxylation is 1. The summed E-state index contributed by atoms with van der Waals surface area (Å²) in [5.74, 6) is 0.619. The molecule has 3 aromatic rings. The number of anilines is 3. The van der Waals surface area contributed by atoms with Crippen LogP contribution in [0.1, 0.15) is 43.5 Å². The molecule has 0 unspecified atom stereocenters. The summed E-state index contributed by atoms with van der Waals surface area (Å²) in [5.41, 5.74) is 2.45. The van der Waals surface area contributed by atoms with Gasteiger partial charge in [0.25, 0.3) is 0 Å². The summed E-state index contributed by atoms with van der Waals surface area (Å²) in [6.45, 7) is 3.35. The maximum atomic E-state index is 12.0. The van der Waals surface area contributed by atoms with E-state index in [9.17, 15) is 18.5 Å². The number of rotatable bonds is 8. The zero-order valence-electron chi connectivity index (χ0n) is 19.1. The number of nitrogens with one attached hydrogen (secondary N) is 2. The standard InChI is InChI=1S/C22H27N7O4S/c1-3-4-17-13-19(27-26-17)15-9-11-28(12-10-15)22-20(29(30)31)21(23-14-24-22)25-16-5-7-18(8-6-16)34(2,32)33/h5-8,13-15H,3-4,9-12H2,1-2H3,(H,26,27)(H,23,24,25). The molecule has 1 aromatic carbocycles. The third-order valence-corrected chi connectivity index (χ3v) is 7.04. The van der Waals surface area contributed by atoms with Crippen LogP contribution in [0, 0.1) is 10.1 Å². The van der Waals surface area contributed by atoms with Gasteiger partial charge in [0, 0.05) is 36.6 Å². The Kier molecular flexibility index (Phi) is 6.77. The molecular weight excluding hydrogens is 458 g/mol. The molecule has 0 radical (unpaired) electrons. The van der Waals surface area contributed by atoms with Crippen LogP contribution in [0.15, 0.2) is 41.6 Å². The maximum absolute atomic E-state index is 12.0. The minimum absolute atomic E-state index is 0.0562. The fraction of sp³-hybridized carbons (Fsp3) is 0.409. The van der Waals surface area contributed by atoms with E-state index in [-0.39, 0.29) is 22.2 Å². The molecular formula is C22H27N7O4S. The van der Waals surface area contributed by atoms with Gasteiger partial charge in [-0.2, -0.15) is 5.10 Å². The van der Waals surface area contributed by atoms with Crippen LogP contribution in [0.25, 0.3) is 0 Å². The van der Waals surface area contributed by atoms with Crippen LogP contribution in [0.2, 0.25) is 0 Å². The highest BCUT2D eigenvalue weighted by atomic mass is 32.2. The first-order chi connectivity index (χ1) is 16.3. The number of nitrogens with zero attached hydrogens (tertiary/aromatic N) is 5. The zero-order chi connectivity index (χ0) is 24.3. The highest BCUT2D eigenvalue weighted by Crippen LogP contribution is 2.37. The van der Waals surface area contributed by atoms with Gasteiger partial charge in [0.1, 0.15) is 6.33 Å². The summed E-state index contributed by atoms with van der Waals surface area (Å²) in [6, 6.07) is 8.09. The molecule has 2 N–H and O–H groups in total. The lowest BCUT2D eigenvalue weighted by Gasteiger charge is -2.31. The second kappa shape index (κ2) is 9.75. The molecule has 1 aliphatic heterocycles. The Labute approximate surface area is 197 Å². The van der Waals surface area contributed by atoms with Crippen molar-refractivity contribution < 1.29 is 13.3 Å². The molecule has 0 spiro atoms. The molecule has 0 saturated carbocycles. The molecule has 4 rings (SSSR count). The van der Waals surface area contributed by atoms with E-state index in [0.717, 1.165) is 43.3 Å². The number of aromatic nitrogens is 4. The van der Waals surface area contributed by atoms with E-state index >= 15 is 0 Å². The van der Waals surface area contributed by atoms with Crippen molar-refractivity contribution >= 4 is 32.8 Å². The van der Waals surface area contributed by atoms with E-state index in [2.05, 4.69) is 38.5 Å². The van der Waals surface area contributed by atoms with Gasteiger partial charge >= 0.3 is 5.69 Å². The van der Waals surface area contributed by atoms with Gasteiger partial charge in [-0.05, 0) is 49.6 Å². The van der Waals surface area contributed by atoms with Crippen molar-refractivity contribution in [3.05, 3.63) is 58.2 Å². The fourth-order valence-corrected chi connectivity index (χ4v) is 4.79. The molecule has 180 valence electrons. The first-order valence-corrected chi connectivity index (χ1v) is 13.0. The van der Waals surface area contributed by atoms with Crippen molar-refractivity contribution in [1.29, 1.82) is 0 Å². The summed E-state index contributed by atoms with van der Waals surface area (Å²) in [4.78, 5) is 21.9. The molecule has 1 aliphatic rings. The Morgan fingerprint density at radius 1 is 1.21 bits per heavy atom. The normalized spacial score (nSPS) is 14.8. The average Bonchev–Trinajstić information content (AvgIpc) is 3.27. The highest BCUT2D eigenvalue weighted by molar-refractivity contribution is 7.90. The number of H-pyrrole nitrogens is 1. The van der Waals surface area contributed by atoms with Crippen molar-refractivity contribution in [2.24, 2.45) is 0 Å². The first kappa shape index (κ1) is 23.6. The summed E-state index contributed by atoms with van der Waals surface area (Å²) >= 11 is 0. The van der Waals surface area contributed by atoms with E-state index in [0.29, 0.717) is 24.7 Å². The SMILES string of the molecule is CCCc1cc(C2CCN(c3ncnc(Nc4ccc(S(C)(=O)=O)cc4)c3[N+](=O)[O-])CC2)n[nH]1. The fourth-order valence-electron chi connectivity index (χ4n) is 4.16. The Morgan fingerprint density at radius 3 is 2.53 bits per heavy atom. The van der Waals surface area contributed by atoms with E-state index in [4.69, 9.17) is 0 Å². The Morgan fingerprint density at radius 2 is 1.91 bits per heavy atom. The second-order valence-electron chi connectivity index (χ2n) is 8.40. The Bertz CT molecular complexity index is 1270. The molecule has 3 heterocycles. The molecule has 2 aromatic heterocycles. The average molecular weight is 486 g/mol. The predicted molar refractivity (Wildman–Crippen MR) is 128 cm³/mol. The number of hydrogen-bond donors (Lipinski definition) is 2. The second-order valence-corrected chi connectivity index (χ2v) is 10.4. The Hall–Kier alpha value is -3.54. The van der Waals surface area contributed by atoms with Gasteiger partial charge in [-0.3, -0.25) is 15.2 Å². The summed E-state index contributed by atoms with van der Waals surface area (Å²) in [7, 11) is -3.34. The molecule has 1 saturated heterocycles. The van der Waals surface area contributed by atoms with Gasteiger partial charge < -0.3 is 10.2 Å². The summed E-state index contributed by atoms with van der Waals surface area (Å²) in [5, 5.41) is 22.5. The first-order valence-electron chi connectivity index (χ1n) is 11.1. The number of aromatic amines is 1. The van der Waals surface area contributed by atoms with Crippen LogP contribution < -0.4 is 10.2 Å². The van der Waals surface area contributed by atoms with Crippen molar-refractivity contribution in [1.82, 2.24) is 20.2 Å². The van der Waals surface area contributed by atoms with E-state index in [1.54, 1.807) is 12.1 Å². The summed E-state index contributed by atoms with van der Waals surface area (Å²) < 4.78 is 23.3. The molecule has 11 nitrogen and oxygen atoms in total. The molecule has 0 atom stereocenters. The minimum Gasteiger partial charge on any atom is -0.351 e. The van der Waals surface area contributed by atoms with E-state index in [1.807, 2.05) is 4.90 Å². The van der Waals surface area contributed by atoms with Crippen LogP contribution in [-0.4, -0.2) is 52.9 Å². The van der Waals surface area contributed by atoms with E-state index < -0.39 is 14.8 Å². The lowest BCUT2D eigenvalue weighted by atomic mass is 9.93. The lowest BCUT2D eigenvalue weighted by molar-refractivity contribution is -0.383. The molecule has 34 heavy (non-hydrogen) atoms. The van der Waals surface area contributed by atoms with Crippen molar-refractivity contribution in [2.45, 2.75) is 43.4 Å². The van der Waals surface area contributed by atoms with Gasteiger partial charge in [-0.25, -0.2) is 18.4 Å². The molecule has 0 bridgehead atoms. The van der Waals surface area contributed by atoms with Crippen molar-refractivity contribution in [2.75, 3.05) is 29.6 Å². The lowest BCUT2D eigenvalue weighted by Crippen LogP contribution is -2.34. The third-order valence-electron chi connectivity index (χ3n) is 5.91. The van der Waals surface area contributed by atoms with E-state index in [1.165, 1.54) is 18.5 Å². The van der Waals surface area contributed by atoms with Crippen molar-refractivity contribution in [3.8, 4) is 0 Å². The number of nitro groups is 1. The zero-order valence-corrected chi connectivity index (χ0v) is 19.9. The van der Waals surface area contributed by atoms with Crippen molar-refractivity contribution in [3.63, 3.8) is 0 Å². The topological polar surface area (TPSA) is 147 Å². The van der Waals surface area contributed by atoms with Gasteiger partial charge in [-0.1, -0.05) is 13.3 Å². The van der Waals surface area contributed by atoms with Crippen LogP contribution in [0.5, 0.6) is 0 Å². The van der Waals surface area contributed by atoms with Crippen LogP contribution >= 0.6 is 0 Å². The molecule has 12 heteroatoms. The number of piperidine rings is 1. The quantitative estimate of drug-likeness (QED) is 0.361. The largest absolute Gasteiger partial charge is 0.353 e. The monoisotopic (exact) mass is 485 g/mol. The van der Waals surface area contributed by atoms with Gasteiger partial charge in [0.2, 0.25) is 11.6 Å². The van der Waals surface area contributed by atoms with Gasteiger partial charge in [0.05, 0.1) is 15.5 Å². The van der Waals surface area contributed by atoms with Crippen LogP contribution in [0.3, 0.4) is 0 Å². The predicted octanol–water partition coefficient (Wildman–Crippen LogP) is 3.59. The van der Waals surface area contributed by atoms with Crippen LogP contribution in [-0.2, 0) is 16.3 Å². The number of sulfone groups is 1. The molecule has 0 aliphatic carbocycles. The van der Waals surface area contributed by atoms with Gasteiger partial charge in [-0.15, -0.1) is 0 Å². The minimum atomic E-state index is -3.34. The van der Waals surface area contributed by atoms with Crippen LogP contribution in [0.4, 0.5) is 23.0 Å². The molecule has 0 amide bonds. The molecule has 1 fully saturated rings. The number of benzene rings is 1. The maximum Gasteiger partial charge on any atom is 0.353 e. The highest BCUT2D eigenvalue weighted by Gasteiger charge is 2.31.